The summed E-state index contributed by atoms with van der Waals surface area (Å²) in [6, 6.07) is 0.660. The van der Waals surface area contributed by atoms with Gasteiger partial charge in [0.05, 0.1) is 0 Å². The van der Waals surface area contributed by atoms with Crippen molar-refractivity contribution in [1.29, 1.82) is 0 Å². The Hall–Kier alpha value is -0.570. The van der Waals surface area contributed by atoms with Crippen molar-refractivity contribution in [3.05, 3.63) is 11.6 Å². The molecule has 0 amide bonds. The molecule has 0 radical (unpaired) electrons. The van der Waals surface area contributed by atoms with E-state index in [2.05, 4.69) is 16.7 Å². The van der Waals surface area contributed by atoms with Gasteiger partial charge in [0.15, 0.2) is 5.11 Å². The van der Waals surface area contributed by atoms with Gasteiger partial charge in [0.25, 0.3) is 0 Å². The molecule has 2 N–H and O–H groups in total. The third-order valence-electron chi connectivity index (χ3n) is 5.17. The third kappa shape index (κ3) is 3.50. The van der Waals surface area contributed by atoms with Crippen molar-refractivity contribution in [3.8, 4) is 0 Å². The van der Waals surface area contributed by atoms with Crippen LogP contribution in [0, 0.1) is 11.8 Å². The van der Waals surface area contributed by atoms with Gasteiger partial charge < -0.3 is 10.6 Å². The number of fused-ring (bicyclic) bond motifs is 2. The number of rotatable bonds is 4. The molecule has 0 aromatic rings. The van der Waals surface area contributed by atoms with E-state index in [1.54, 1.807) is 5.57 Å². The second-order valence-electron chi connectivity index (χ2n) is 6.54. The van der Waals surface area contributed by atoms with Gasteiger partial charge in [-0.25, -0.2) is 0 Å². The highest BCUT2D eigenvalue weighted by atomic mass is 32.1. The second-order valence-corrected chi connectivity index (χ2v) is 6.95. The summed E-state index contributed by atoms with van der Waals surface area (Å²) in [5.41, 5.74) is 1.63. The molecule has 106 valence electrons. The van der Waals surface area contributed by atoms with Crippen LogP contribution in [0.2, 0.25) is 0 Å². The Balaban J connectivity index is 1.34. The highest BCUT2D eigenvalue weighted by molar-refractivity contribution is 7.80. The predicted octanol–water partition coefficient (Wildman–Crippen LogP) is 3.53. The molecule has 3 aliphatic rings. The number of thiocarbonyl (C=S) groups is 1. The zero-order valence-corrected chi connectivity index (χ0v) is 12.6. The standard InChI is InChI=1S/C16H26N2S/c19-16(17-9-8-12-4-2-1-3-5-12)18-15-11-13-6-7-14(15)10-13/h4,13-15H,1-3,5-11H2,(H2,17,18,19)/t13-,14-,15-/m0/s1. The Morgan fingerprint density at radius 2 is 2.21 bits per heavy atom. The van der Waals surface area contributed by atoms with Gasteiger partial charge in [-0.05, 0) is 75.4 Å². The van der Waals surface area contributed by atoms with E-state index in [1.165, 1.54) is 57.8 Å². The van der Waals surface area contributed by atoms with Gasteiger partial charge in [-0.3, -0.25) is 0 Å². The van der Waals surface area contributed by atoms with Crippen LogP contribution in [0.3, 0.4) is 0 Å². The fourth-order valence-electron chi connectivity index (χ4n) is 4.11. The van der Waals surface area contributed by atoms with E-state index >= 15 is 0 Å². The molecule has 2 saturated carbocycles. The lowest BCUT2D eigenvalue weighted by Crippen LogP contribution is -2.44. The van der Waals surface area contributed by atoms with Crippen LogP contribution < -0.4 is 10.6 Å². The minimum Gasteiger partial charge on any atom is -0.362 e. The number of allylic oxidation sites excluding steroid dienone is 1. The monoisotopic (exact) mass is 278 g/mol. The molecule has 3 heteroatoms. The van der Waals surface area contributed by atoms with Crippen LogP contribution in [-0.4, -0.2) is 17.7 Å². The van der Waals surface area contributed by atoms with Gasteiger partial charge in [-0.1, -0.05) is 18.1 Å². The molecule has 0 unspecified atom stereocenters. The van der Waals surface area contributed by atoms with Gasteiger partial charge in [0.1, 0.15) is 0 Å². The van der Waals surface area contributed by atoms with Gasteiger partial charge in [-0.2, -0.15) is 0 Å². The number of nitrogens with one attached hydrogen (secondary N) is 2. The summed E-state index contributed by atoms with van der Waals surface area (Å²) in [6.45, 7) is 0.998. The summed E-state index contributed by atoms with van der Waals surface area (Å²) < 4.78 is 0. The molecule has 0 aliphatic heterocycles. The van der Waals surface area contributed by atoms with Crippen LogP contribution in [0.1, 0.15) is 57.8 Å². The summed E-state index contributed by atoms with van der Waals surface area (Å²) in [5, 5.41) is 7.83. The molecular formula is C16H26N2S. The van der Waals surface area contributed by atoms with E-state index in [4.69, 9.17) is 12.2 Å². The molecule has 0 spiro atoms. The van der Waals surface area contributed by atoms with Crippen molar-refractivity contribution in [2.45, 2.75) is 63.8 Å². The molecule has 3 rings (SSSR count). The lowest BCUT2D eigenvalue weighted by molar-refractivity contribution is 0.389. The van der Waals surface area contributed by atoms with E-state index in [0.717, 1.165) is 23.5 Å². The van der Waals surface area contributed by atoms with E-state index < -0.39 is 0 Å². The first-order valence-corrected chi connectivity index (χ1v) is 8.44. The Labute approximate surface area is 122 Å². The maximum atomic E-state index is 5.43. The summed E-state index contributed by atoms with van der Waals surface area (Å²) in [5.74, 6) is 1.88. The lowest BCUT2D eigenvalue weighted by atomic mass is 9.95. The van der Waals surface area contributed by atoms with Crippen LogP contribution in [0.15, 0.2) is 11.6 Å². The van der Waals surface area contributed by atoms with E-state index in [9.17, 15) is 0 Å². The summed E-state index contributed by atoms with van der Waals surface area (Å²) >= 11 is 5.43. The first-order chi connectivity index (χ1) is 9.31. The predicted molar refractivity (Wildman–Crippen MR) is 84.1 cm³/mol. The van der Waals surface area contributed by atoms with Crippen molar-refractivity contribution in [1.82, 2.24) is 10.6 Å². The van der Waals surface area contributed by atoms with Crippen molar-refractivity contribution >= 4 is 17.3 Å². The highest BCUT2D eigenvalue weighted by Crippen LogP contribution is 2.44. The van der Waals surface area contributed by atoms with Crippen LogP contribution >= 0.6 is 12.2 Å². The maximum absolute atomic E-state index is 5.43. The molecule has 0 saturated heterocycles. The molecule has 3 atom stereocenters. The Bertz CT molecular complexity index is 364. The summed E-state index contributed by atoms with van der Waals surface area (Å²) in [4.78, 5) is 0. The third-order valence-corrected chi connectivity index (χ3v) is 5.43. The van der Waals surface area contributed by atoms with Gasteiger partial charge in [-0.15, -0.1) is 0 Å². The molecule has 2 fully saturated rings. The number of hydrogen-bond acceptors (Lipinski definition) is 1. The normalized spacial score (nSPS) is 33.1. The minimum atomic E-state index is 0.660. The first-order valence-electron chi connectivity index (χ1n) is 8.03. The van der Waals surface area contributed by atoms with E-state index in [1.807, 2.05) is 0 Å². The fourth-order valence-corrected chi connectivity index (χ4v) is 4.36. The smallest absolute Gasteiger partial charge is 0.166 e. The molecule has 3 aliphatic carbocycles. The zero-order valence-electron chi connectivity index (χ0n) is 11.8. The van der Waals surface area contributed by atoms with Crippen LogP contribution in [0.4, 0.5) is 0 Å². The minimum absolute atomic E-state index is 0.660. The Kier molecular flexibility index (Phi) is 4.42. The van der Waals surface area contributed by atoms with Crippen molar-refractivity contribution in [2.75, 3.05) is 6.54 Å². The molecule has 0 aromatic carbocycles. The van der Waals surface area contributed by atoms with Crippen LogP contribution in [0.5, 0.6) is 0 Å². The maximum Gasteiger partial charge on any atom is 0.166 e. The average molecular weight is 278 g/mol. The molecule has 0 aromatic heterocycles. The quantitative estimate of drug-likeness (QED) is 0.608. The SMILES string of the molecule is S=C(NCCC1=CCCCC1)N[C@H]1C[C@H]2CC[C@H]1C2. The van der Waals surface area contributed by atoms with Crippen molar-refractivity contribution < 1.29 is 0 Å². The van der Waals surface area contributed by atoms with Crippen LogP contribution in [0.25, 0.3) is 0 Å². The molecule has 0 heterocycles. The Morgan fingerprint density at radius 1 is 1.26 bits per heavy atom. The molecule has 19 heavy (non-hydrogen) atoms. The molecule has 2 nitrogen and oxygen atoms in total. The van der Waals surface area contributed by atoms with Gasteiger partial charge >= 0.3 is 0 Å². The summed E-state index contributed by atoms with van der Waals surface area (Å²) in [7, 11) is 0. The molecule has 2 bridgehead atoms. The molecular weight excluding hydrogens is 252 g/mol. The first kappa shape index (κ1) is 13.4. The lowest BCUT2D eigenvalue weighted by Gasteiger charge is -2.24. The van der Waals surface area contributed by atoms with Crippen molar-refractivity contribution in [3.63, 3.8) is 0 Å². The van der Waals surface area contributed by atoms with Crippen LogP contribution in [-0.2, 0) is 0 Å². The Morgan fingerprint density at radius 3 is 2.89 bits per heavy atom. The fraction of sp³-hybridized carbons (Fsp3) is 0.812. The zero-order chi connectivity index (χ0) is 13.1. The highest BCUT2D eigenvalue weighted by Gasteiger charge is 2.39. The van der Waals surface area contributed by atoms with E-state index in [0.29, 0.717) is 6.04 Å². The largest absolute Gasteiger partial charge is 0.362 e. The second kappa shape index (κ2) is 6.25. The van der Waals surface area contributed by atoms with Gasteiger partial charge in [0.2, 0.25) is 0 Å². The van der Waals surface area contributed by atoms with Gasteiger partial charge in [0, 0.05) is 12.6 Å². The van der Waals surface area contributed by atoms with Crippen molar-refractivity contribution in [2.24, 2.45) is 11.8 Å². The number of hydrogen-bond donors (Lipinski definition) is 2. The van der Waals surface area contributed by atoms with E-state index in [-0.39, 0.29) is 0 Å². The average Bonchev–Trinajstić information content (AvgIpc) is 3.02. The summed E-state index contributed by atoms with van der Waals surface area (Å²) in [6.07, 6.45) is 14.6. The topological polar surface area (TPSA) is 24.1 Å².